The Balaban J connectivity index is 2.73. The molecule has 1 atom stereocenters. The summed E-state index contributed by atoms with van der Waals surface area (Å²) < 4.78 is 58.1. The Morgan fingerprint density at radius 3 is 3.21 bits per heavy atom. The Morgan fingerprint density at radius 2 is 2.43 bits per heavy atom. The minimum Gasteiger partial charge on any atom is -0.454 e. The zero-order valence-electron chi connectivity index (χ0n) is 14.0. The van der Waals surface area contributed by atoms with Gasteiger partial charge in [0.05, 0.1) is 4.11 Å². The van der Waals surface area contributed by atoms with Crippen LogP contribution in [0.25, 0.3) is 0 Å². The number of benzene rings is 1. The molecule has 1 heterocycles. The molecule has 1 aliphatic heterocycles. The van der Waals surface area contributed by atoms with Crippen LogP contribution in [0.1, 0.15) is 20.7 Å². The van der Waals surface area contributed by atoms with Crippen molar-refractivity contribution in [2.45, 2.75) is 19.3 Å². The van der Waals surface area contributed by atoms with Crippen LogP contribution in [0.4, 0.5) is 0 Å². The second-order valence-electron chi connectivity index (χ2n) is 2.81. The molecule has 0 radical (unpaired) electrons. The summed E-state index contributed by atoms with van der Waals surface area (Å²) in [7, 11) is 1.42. The maximum atomic E-state index is 8.11. The summed E-state index contributed by atoms with van der Waals surface area (Å²) in [5.41, 5.74) is -0.349. The third-order valence-electron chi connectivity index (χ3n) is 1.84. The lowest BCUT2D eigenvalue weighted by molar-refractivity contribution is 0.174. The predicted molar refractivity (Wildman–Crippen MR) is 54.8 cm³/mol. The van der Waals surface area contributed by atoms with Crippen molar-refractivity contribution in [1.82, 2.24) is 5.32 Å². The highest BCUT2D eigenvalue weighted by atomic mass is 16.7. The molecule has 1 aliphatic rings. The molecule has 0 spiro atoms. The summed E-state index contributed by atoms with van der Waals surface area (Å²) in [5, 5.41) is 2.51. The topological polar surface area (TPSA) is 30.5 Å². The van der Waals surface area contributed by atoms with Gasteiger partial charge in [-0.15, -0.1) is 0 Å². The lowest BCUT2D eigenvalue weighted by Gasteiger charge is -2.09. The van der Waals surface area contributed by atoms with E-state index in [0.717, 1.165) is 0 Å². The van der Waals surface area contributed by atoms with Crippen molar-refractivity contribution >= 4 is 0 Å². The Labute approximate surface area is 92.5 Å². The van der Waals surface area contributed by atoms with Gasteiger partial charge in [-0.2, -0.15) is 0 Å². The van der Waals surface area contributed by atoms with Crippen molar-refractivity contribution in [3.8, 4) is 11.5 Å². The first-order valence-electron chi connectivity index (χ1n) is 7.24. The molecule has 1 unspecified atom stereocenters. The monoisotopic (exact) mass is 199 g/mol. The predicted octanol–water partition coefficient (Wildman–Crippen LogP) is 1.57. The number of likely N-dealkylation sites (N-methyl/N-ethyl adjacent to an activating group) is 1. The van der Waals surface area contributed by atoms with Crippen LogP contribution in [-0.4, -0.2) is 19.9 Å². The van der Waals surface area contributed by atoms with Gasteiger partial charge >= 0.3 is 0 Å². The molecule has 2 rings (SSSR count). The third kappa shape index (κ3) is 1.82. The van der Waals surface area contributed by atoms with Crippen molar-refractivity contribution in [3.05, 3.63) is 23.7 Å². The van der Waals surface area contributed by atoms with Crippen LogP contribution < -0.4 is 14.8 Å². The first-order chi connectivity index (χ1) is 9.15. The van der Waals surface area contributed by atoms with Gasteiger partial charge in [-0.25, -0.2) is 0 Å². The van der Waals surface area contributed by atoms with Crippen LogP contribution >= 0.6 is 0 Å². The van der Waals surface area contributed by atoms with Crippen molar-refractivity contribution in [2.75, 3.05) is 13.8 Å². The molecule has 1 aromatic carbocycles. The highest BCUT2D eigenvalue weighted by Crippen LogP contribution is 2.32. The molecule has 76 valence electrons. The van der Waals surface area contributed by atoms with E-state index in [2.05, 4.69) is 5.32 Å². The quantitative estimate of drug-likeness (QED) is 0.801. The molecule has 1 N–H and O–H groups in total. The molecule has 3 heteroatoms. The Morgan fingerprint density at radius 1 is 1.64 bits per heavy atom. The van der Waals surface area contributed by atoms with Gasteiger partial charge in [0.1, 0.15) is 0 Å². The molecule has 1 aromatic rings. The fourth-order valence-corrected chi connectivity index (χ4v) is 1.04. The van der Waals surface area contributed by atoms with Crippen LogP contribution in [0.15, 0.2) is 18.1 Å². The molecule has 0 aromatic heterocycles. The standard InChI is InChI=1S/C11H15NO2/c1-8(12-2)5-9-3-4-10-11(6-9)14-7-13-10/h3-4,6,8,12H,5,7H2,1-2H3/i3D,4D,5D2,6D,8D. The van der Waals surface area contributed by atoms with Crippen molar-refractivity contribution < 1.29 is 17.7 Å². The van der Waals surface area contributed by atoms with Gasteiger partial charge in [-0.1, -0.05) is 6.04 Å². The van der Waals surface area contributed by atoms with E-state index in [0.29, 0.717) is 0 Å². The van der Waals surface area contributed by atoms with Crippen molar-refractivity contribution in [1.29, 1.82) is 0 Å². The third-order valence-corrected chi connectivity index (χ3v) is 1.84. The highest BCUT2D eigenvalue weighted by molar-refractivity contribution is 5.44. The summed E-state index contributed by atoms with van der Waals surface area (Å²) in [6.07, 6.45) is -2.35. The Kier molecular flexibility index (Phi) is 1.26. The van der Waals surface area contributed by atoms with E-state index in [1.807, 2.05) is 0 Å². The van der Waals surface area contributed by atoms with Crippen LogP contribution in [0.2, 0.25) is 0 Å². The maximum absolute atomic E-state index is 8.11. The number of nitrogens with one attached hydrogen (secondary N) is 1. The lowest BCUT2D eigenvalue weighted by Crippen LogP contribution is -2.23. The van der Waals surface area contributed by atoms with Crippen LogP contribution in [0.3, 0.4) is 0 Å². The zero-order valence-corrected chi connectivity index (χ0v) is 8.02. The molecule has 0 amide bonds. The van der Waals surface area contributed by atoms with E-state index in [1.165, 1.54) is 14.0 Å². The molecule has 14 heavy (non-hydrogen) atoms. The molecule has 0 saturated heterocycles. The van der Waals surface area contributed by atoms with E-state index < -0.39 is 18.4 Å². The van der Waals surface area contributed by atoms with Crippen molar-refractivity contribution in [3.63, 3.8) is 0 Å². The van der Waals surface area contributed by atoms with Gasteiger partial charge in [-0.3, -0.25) is 0 Å². The fourth-order valence-electron chi connectivity index (χ4n) is 1.04. The number of hydrogen-bond donors (Lipinski definition) is 1. The molecule has 0 aliphatic carbocycles. The fraction of sp³-hybridized carbons (Fsp3) is 0.455. The molecule has 0 bridgehead atoms. The first kappa shape index (κ1) is 4.53. The van der Waals surface area contributed by atoms with Gasteiger partial charge in [-0.05, 0) is 38.0 Å². The summed E-state index contributed by atoms with van der Waals surface area (Å²) in [6.45, 7) is 1.14. The SMILES string of the molecule is [2H]c1c([2H])c(C([2H])([2H])C([2H])(C)NC)c([2H])c2c1OCO2. The molecular formula is C11H15NO2. The Hall–Kier alpha value is -1.22. The van der Waals surface area contributed by atoms with Crippen LogP contribution in [0, 0.1) is 0 Å². The molecule has 0 fully saturated rings. The first-order valence-corrected chi connectivity index (χ1v) is 4.24. The number of rotatable bonds is 3. The second-order valence-corrected chi connectivity index (χ2v) is 2.81. The molecule has 0 saturated carbocycles. The molecule has 3 nitrogen and oxygen atoms in total. The van der Waals surface area contributed by atoms with E-state index in [9.17, 15) is 0 Å². The summed E-state index contributed by atoms with van der Waals surface area (Å²) in [5.74, 6) is -0.0625. The minimum absolute atomic E-state index is 0.0179. The average molecular weight is 199 g/mol. The Bertz CT molecular complexity index is 561. The van der Waals surface area contributed by atoms with E-state index in [4.69, 9.17) is 17.7 Å². The van der Waals surface area contributed by atoms with Gasteiger partial charge in [0.15, 0.2) is 11.5 Å². The lowest BCUT2D eigenvalue weighted by atomic mass is 10.1. The summed E-state index contributed by atoms with van der Waals surface area (Å²) in [6, 6.07) is -2.91. The largest absolute Gasteiger partial charge is 0.454 e. The van der Waals surface area contributed by atoms with E-state index in [1.54, 1.807) is 0 Å². The van der Waals surface area contributed by atoms with E-state index in [-0.39, 0.29) is 35.9 Å². The van der Waals surface area contributed by atoms with Gasteiger partial charge in [0, 0.05) is 10.1 Å². The van der Waals surface area contributed by atoms with Crippen molar-refractivity contribution in [2.24, 2.45) is 0 Å². The minimum atomic E-state index is -2.35. The summed E-state index contributed by atoms with van der Waals surface area (Å²) >= 11 is 0. The number of ether oxygens (including phenoxy) is 2. The maximum Gasteiger partial charge on any atom is 0.231 e. The molecular weight excluding hydrogens is 178 g/mol. The summed E-state index contributed by atoms with van der Waals surface area (Å²) in [4.78, 5) is 0. The zero-order chi connectivity index (χ0) is 15.3. The van der Waals surface area contributed by atoms with Crippen LogP contribution in [0.5, 0.6) is 11.5 Å². The van der Waals surface area contributed by atoms with E-state index >= 15 is 0 Å². The van der Waals surface area contributed by atoms with Gasteiger partial charge in [0.25, 0.3) is 0 Å². The van der Waals surface area contributed by atoms with Crippen LogP contribution in [-0.2, 0) is 6.37 Å². The highest BCUT2D eigenvalue weighted by Gasteiger charge is 2.13. The van der Waals surface area contributed by atoms with Gasteiger partial charge in [0.2, 0.25) is 6.79 Å². The normalized spacial score (nSPS) is 25.0. The number of hydrogen-bond acceptors (Lipinski definition) is 3. The van der Waals surface area contributed by atoms with Gasteiger partial charge < -0.3 is 14.8 Å². The smallest absolute Gasteiger partial charge is 0.231 e. The number of fused-ring (bicyclic) bond motifs is 1. The average Bonchev–Trinajstić information content (AvgIpc) is 2.85. The second kappa shape index (κ2) is 3.88.